The summed E-state index contributed by atoms with van der Waals surface area (Å²) in [6.07, 6.45) is 1.13. The third kappa shape index (κ3) is 1.82. The molecule has 15 heavy (non-hydrogen) atoms. The lowest BCUT2D eigenvalue weighted by Gasteiger charge is -2.33. The van der Waals surface area contributed by atoms with Gasteiger partial charge >= 0.3 is 0 Å². The smallest absolute Gasteiger partial charge is 0.195 e. The monoisotopic (exact) mass is 203 g/mol. The molecule has 0 saturated carbocycles. The summed E-state index contributed by atoms with van der Waals surface area (Å²) in [7, 11) is 1.73. The van der Waals surface area contributed by atoms with Gasteiger partial charge in [-0.15, -0.1) is 0 Å². The Kier molecular flexibility index (Phi) is 2.62. The Balaban J connectivity index is 2.42. The van der Waals surface area contributed by atoms with E-state index in [4.69, 9.17) is 5.73 Å². The first-order valence-corrected chi connectivity index (χ1v) is 5.30. The molecular weight excluding hydrogens is 186 g/mol. The maximum absolute atomic E-state index is 5.90. The van der Waals surface area contributed by atoms with Crippen molar-refractivity contribution in [3.63, 3.8) is 0 Å². The Bertz CT molecular complexity index is 384. The number of rotatable bonds is 0. The summed E-state index contributed by atoms with van der Waals surface area (Å²) in [5.74, 6) is 1.23. The molecule has 0 aliphatic carbocycles. The van der Waals surface area contributed by atoms with Crippen LogP contribution in [0.2, 0.25) is 0 Å². The van der Waals surface area contributed by atoms with Crippen LogP contribution in [0, 0.1) is 5.92 Å². The van der Waals surface area contributed by atoms with E-state index < -0.39 is 0 Å². The molecule has 2 rings (SSSR count). The molecule has 1 aliphatic rings. The molecule has 0 saturated heterocycles. The first-order chi connectivity index (χ1) is 7.22. The zero-order valence-corrected chi connectivity index (χ0v) is 9.27. The standard InChI is InChI=1S/C12H17N3/c1-9-7-10-5-3-4-6-11(10)15(8-9)12(13)14-2/h3-6,9H,7-8H2,1-2H3,(H2,13,14). The molecule has 0 amide bonds. The summed E-state index contributed by atoms with van der Waals surface area (Å²) < 4.78 is 0. The summed E-state index contributed by atoms with van der Waals surface area (Å²) >= 11 is 0. The first-order valence-electron chi connectivity index (χ1n) is 5.30. The molecule has 2 N–H and O–H groups in total. The molecule has 0 spiro atoms. The second-order valence-corrected chi connectivity index (χ2v) is 4.13. The summed E-state index contributed by atoms with van der Waals surface area (Å²) in [5.41, 5.74) is 8.47. The number of hydrogen-bond acceptors (Lipinski definition) is 1. The highest BCUT2D eigenvalue weighted by molar-refractivity contribution is 5.95. The lowest BCUT2D eigenvalue weighted by atomic mass is 9.94. The van der Waals surface area contributed by atoms with Crippen LogP contribution < -0.4 is 10.6 Å². The molecule has 0 bridgehead atoms. The van der Waals surface area contributed by atoms with Crippen LogP contribution in [0.4, 0.5) is 5.69 Å². The molecule has 1 heterocycles. The van der Waals surface area contributed by atoms with Gasteiger partial charge in [0.25, 0.3) is 0 Å². The SMILES string of the molecule is CN=C(N)N1CC(C)Cc2ccccc21. The molecule has 3 heteroatoms. The fraction of sp³-hybridized carbons (Fsp3) is 0.417. The van der Waals surface area contributed by atoms with E-state index in [2.05, 4.69) is 35.0 Å². The molecule has 0 fully saturated rings. The zero-order chi connectivity index (χ0) is 10.8. The van der Waals surface area contributed by atoms with Gasteiger partial charge in [-0.25, -0.2) is 0 Å². The van der Waals surface area contributed by atoms with E-state index in [9.17, 15) is 0 Å². The lowest BCUT2D eigenvalue weighted by molar-refractivity contribution is 0.566. The van der Waals surface area contributed by atoms with Crippen molar-refractivity contribution in [3.8, 4) is 0 Å². The van der Waals surface area contributed by atoms with Gasteiger partial charge in [0, 0.05) is 19.3 Å². The van der Waals surface area contributed by atoms with Crippen LogP contribution in [0.1, 0.15) is 12.5 Å². The molecule has 1 aromatic rings. The van der Waals surface area contributed by atoms with Crippen LogP contribution in [-0.2, 0) is 6.42 Å². The van der Waals surface area contributed by atoms with E-state index in [1.54, 1.807) is 7.05 Å². The van der Waals surface area contributed by atoms with Crippen molar-refractivity contribution >= 4 is 11.6 Å². The summed E-state index contributed by atoms with van der Waals surface area (Å²) in [4.78, 5) is 6.17. The number of hydrogen-bond donors (Lipinski definition) is 1. The molecular formula is C12H17N3. The number of nitrogens with zero attached hydrogens (tertiary/aromatic N) is 2. The van der Waals surface area contributed by atoms with E-state index in [0.717, 1.165) is 13.0 Å². The van der Waals surface area contributed by atoms with Crippen molar-refractivity contribution in [2.24, 2.45) is 16.6 Å². The van der Waals surface area contributed by atoms with Gasteiger partial charge in [-0.05, 0) is 24.0 Å². The third-order valence-corrected chi connectivity index (χ3v) is 2.85. The molecule has 3 nitrogen and oxygen atoms in total. The Labute approximate surface area is 90.6 Å². The predicted molar refractivity (Wildman–Crippen MR) is 64.2 cm³/mol. The van der Waals surface area contributed by atoms with Crippen molar-refractivity contribution in [2.75, 3.05) is 18.5 Å². The number of aliphatic imine (C=N–C) groups is 1. The van der Waals surface area contributed by atoms with Crippen molar-refractivity contribution in [3.05, 3.63) is 29.8 Å². The fourth-order valence-corrected chi connectivity index (χ4v) is 2.13. The number of guanidine groups is 1. The average molecular weight is 203 g/mol. The van der Waals surface area contributed by atoms with Crippen LogP contribution in [-0.4, -0.2) is 19.6 Å². The number of benzene rings is 1. The highest BCUT2D eigenvalue weighted by Crippen LogP contribution is 2.28. The van der Waals surface area contributed by atoms with Gasteiger partial charge in [-0.2, -0.15) is 0 Å². The van der Waals surface area contributed by atoms with Crippen molar-refractivity contribution in [1.82, 2.24) is 0 Å². The fourth-order valence-electron chi connectivity index (χ4n) is 2.13. The molecule has 1 unspecified atom stereocenters. The Morgan fingerprint density at radius 2 is 2.20 bits per heavy atom. The van der Waals surface area contributed by atoms with Gasteiger partial charge in [0.05, 0.1) is 0 Å². The van der Waals surface area contributed by atoms with Crippen molar-refractivity contribution in [2.45, 2.75) is 13.3 Å². The highest BCUT2D eigenvalue weighted by atomic mass is 15.3. The summed E-state index contributed by atoms with van der Waals surface area (Å²) in [6, 6.07) is 8.40. The van der Waals surface area contributed by atoms with Crippen molar-refractivity contribution < 1.29 is 0 Å². The van der Waals surface area contributed by atoms with E-state index in [-0.39, 0.29) is 0 Å². The number of nitrogens with two attached hydrogens (primary N) is 1. The molecule has 0 aromatic heterocycles. The zero-order valence-electron chi connectivity index (χ0n) is 9.27. The lowest BCUT2D eigenvalue weighted by Crippen LogP contribution is -2.43. The van der Waals surface area contributed by atoms with Crippen LogP contribution in [0.25, 0.3) is 0 Å². The van der Waals surface area contributed by atoms with E-state index in [1.165, 1.54) is 11.3 Å². The minimum atomic E-state index is 0.606. The second kappa shape index (κ2) is 3.93. The second-order valence-electron chi connectivity index (χ2n) is 4.13. The van der Waals surface area contributed by atoms with E-state index in [1.807, 2.05) is 6.07 Å². The maximum Gasteiger partial charge on any atom is 0.195 e. The van der Waals surface area contributed by atoms with Gasteiger partial charge < -0.3 is 10.6 Å². The van der Waals surface area contributed by atoms with Gasteiger partial charge in [0.1, 0.15) is 0 Å². The first kappa shape index (κ1) is 10.0. The average Bonchev–Trinajstić information content (AvgIpc) is 2.26. The number of fused-ring (bicyclic) bond motifs is 1. The quantitative estimate of drug-likeness (QED) is 0.514. The molecule has 1 aliphatic heterocycles. The largest absolute Gasteiger partial charge is 0.370 e. The van der Waals surface area contributed by atoms with Crippen LogP contribution in [0.3, 0.4) is 0 Å². The van der Waals surface area contributed by atoms with Crippen molar-refractivity contribution in [1.29, 1.82) is 0 Å². The summed E-state index contributed by atoms with van der Waals surface area (Å²) in [5, 5.41) is 0. The highest BCUT2D eigenvalue weighted by Gasteiger charge is 2.22. The maximum atomic E-state index is 5.90. The molecule has 0 radical (unpaired) electrons. The Morgan fingerprint density at radius 3 is 2.93 bits per heavy atom. The molecule has 80 valence electrons. The Morgan fingerprint density at radius 1 is 1.47 bits per heavy atom. The van der Waals surface area contributed by atoms with Gasteiger partial charge in [-0.1, -0.05) is 25.1 Å². The van der Waals surface area contributed by atoms with Gasteiger partial charge in [0.2, 0.25) is 0 Å². The minimum Gasteiger partial charge on any atom is -0.370 e. The van der Waals surface area contributed by atoms with E-state index in [0.29, 0.717) is 11.9 Å². The topological polar surface area (TPSA) is 41.6 Å². The van der Waals surface area contributed by atoms with E-state index >= 15 is 0 Å². The number of para-hydroxylation sites is 1. The Hall–Kier alpha value is -1.51. The van der Waals surface area contributed by atoms with Crippen LogP contribution in [0.5, 0.6) is 0 Å². The van der Waals surface area contributed by atoms with Gasteiger partial charge in [-0.3, -0.25) is 4.99 Å². The van der Waals surface area contributed by atoms with Crippen LogP contribution in [0.15, 0.2) is 29.3 Å². The minimum absolute atomic E-state index is 0.606. The number of anilines is 1. The summed E-state index contributed by atoms with van der Waals surface area (Å²) in [6.45, 7) is 3.20. The van der Waals surface area contributed by atoms with Gasteiger partial charge in [0.15, 0.2) is 5.96 Å². The molecule has 1 atom stereocenters. The predicted octanol–water partition coefficient (Wildman–Crippen LogP) is 1.63. The normalized spacial score (nSPS) is 21.3. The third-order valence-electron chi connectivity index (χ3n) is 2.85. The molecule has 1 aromatic carbocycles. The van der Waals surface area contributed by atoms with Crippen LogP contribution >= 0.6 is 0 Å².